The molecule has 8 nitrogen and oxygen atoms in total. The van der Waals surface area contributed by atoms with Crippen LogP contribution in [0.1, 0.15) is 17.4 Å². The van der Waals surface area contributed by atoms with Crippen molar-refractivity contribution >= 4 is 11.9 Å². The van der Waals surface area contributed by atoms with E-state index in [9.17, 15) is 23.1 Å². The van der Waals surface area contributed by atoms with Crippen molar-refractivity contribution in [3.05, 3.63) is 60.2 Å². The van der Waals surface area contributed by atoms with Crippen molar-refractivity contribution in [2.24, 2.45) is 0 Å². The molecule has 0 bridgehead atoms. The van der Waals surface area contributed by atoms with Crippen LogP contribution in [0.5, 0.6) is 0 Å². The molecule has 0 aliphatic heterocycles. The van der Waals surface area contributed by atoms with Gasteiger partial charge in [-0.1, -0.05) is 35.4 Å². The lowest BCUT2D eigenvalue weighted by molar-refractivity contribution is -0.133. The minimum absolute atomic E-state index is 0.282. The van der Waals surface area contributed by atoms with Gasteiger partial charge in [0.2, 0.25) is 6.39 Å². The molecule has 0 aliphatic rings. The third kappa shape index (κ3) is 5.32. The summed E-state index contributed by atoms with van der Waals surface area (Å²) in [5.74, 6) is -1.63. The number of anilines is 1. The van der Waals surface area contributed by atoms with Crippen LogP contribution in [0.15, 0.2) is 53.4 Å². The van der Waals surface area contributed by atoms with Crippen LogP contribution in [-0.2, 0) is 11.3 Å². The molecule has 1 aromatic carbocycles. The van der Waals surface area contributed by atoms with Gasteiger partial charge in [0.25, 0.3) is 5.91 Å². The Bertz CT molecular complexity index is 937. The SMILES string of the molecule is O=C(N[C@H](CF)[C@@H](O)c1ccc(-c2ccc(CNc3nnco3)nc2)cc1)C(F)F. The van der Waals surface area contributed by atoms with Gasteiger partial charge in [0.15, 0.2) is 0 Å². The number of pyridine rings is 1. The maximum absolute atomic E-state index is 13.1. The van der Waals surface area contributed by atoms with Crippen molar-refractivity contribution in [3.8, 4) is 11.1 Å². The number of aliphatic hydroxyl groups excluding tert-OH is 1. The first-order chi connectivity index (χ1) is 14.5. The molecule has 1 amide bonds. The summed E-state index contributed by atoms with van der Waals surface area (Å²) in [4.78, 5) is 15.4. The third-order valence-electron chi connectivity index (χ3n) is 4.26. The minimum atomic E-state index is -3.29. The van der Waals surface area contributed by atoms with E-state index in [2.05, 4.69) is 20.5 Å². The number of hydrogen-bond acceptors (Lipinski definition) is 7. The highest BCUT2D eigenvalue weighted by atomic mass is 19.3. The molecule has 158 valence electrons. The van der Waals surface area contributed by atoms with Crippen LogP contribution in [0.25, 0.3) is 11.1 Å². The summed E-state index contributed by atoms with van der Waals surface area (Å²) < 4.78 is 42.8. The van der Waals surface area contributed by atoms with E-state index in [4.69, 9.17) is 4.42 Å². The lowest BCUT2D eigenvalue weighted by atomic mass is 9.99. The number of benzene rings is 1. The quantitative estimate of drug-likeness (QED) is 0.487. The fourth-order valence-electron chi connectivity index (χ4n) is 2.67. The topological polar surface area (TPSA) is 113 Å². The van der Waals surface area contributed by atoms with Crippen molar-refractivity contribution in [1.82, 2.24) is 20.5 Å². The molecule has 0 saturated carbocycles. The average molecular weight is 421 g/mol. The van der Waals surface area contributed by atoms with E-state index >= 15 is 0 Å². The first kappa shape index (κ1) is 21.2. The van der Waals surface area contributed by atoms with E-state index in [1.807, 2.05) is 6.07 Å². The van der Waals surface area contributed by atoms with E-state index < -0.39 is 31.2 Å². The molecule has 3 rings (SSSR count). The standard InChI is InChI=1S/C19H18F3N5O3/c20-7-15(26-18(29)17(21)22)16(28)12-3-1-11(2-4-12)13-5-6-14(23-8-13)9-24-19-27-25-10-30-19/h1-6,8,10,15-17,28H,7,9H2,(H,24,27)(H,26,29)/t15-,16+/m1/s1. The Kier molecular flexibility index (Phi) is 6.96. The van der Waals surface area contributed by atoms with Crippen LogP contribution < -0.4 is 10.6 Å². The monoisotopic (exact) mass is 421 g/mol. The number of rotatable bonds is 9. The second-order valence-electron chi connectivity index (χ2n) is 6.27. The number of aliphatic hydroxyl groups is 1. The molecule has 0 unspecified atom stereocenters. The molecule has 0 aliphatic carbocycles. The Morgan fingerprint density at radius 1 is 1.13 bits per heavy atom. The summed E-state index contributed by atoms with van der Waals surface area (Å²) in [6, 6.07) is 8.88. The Morgan fingerprint density at radius 3 is 2.43 bits per heavy atom. The molecule has 2 aromatic heterocycles. The van der Waals surface area contributed by atoms with E-state index in [0.717, 1.165) is 16.8 Å². The molecular formula is C19H18F3N5O3. The Morgan fingerprint density at radius 2 is 1.87 bits per heavy atom. The van der Waals surface area contributed by atoms with Gasteiger partial charge in [-0.25, -0.2) is 4.39 Å². The molecule has 2 atom stereocenters. The van der Waals surface area contributed by atoms with Gasteiger partial charge in [-0.3, -0.25) is 9.78 Å². The van der Waals surface area contributed by atoms with Crippen LogP contribution >= 0.6 is 0 Å². The highest BCUT2D eigenvalue weighted by Gasteiger charge is 2.26. The molecule has 0 spiro atoms. The molecular weight excluding hydrogens is 403 g/mol. The highest BCUT2D eigenvalue weighted by molar-refractivity contribution is 5.79. The number of nitrogens with one attached hydrogen (secondary N) is 2. The first-order valence-electron chi connectivity index (χ1n) is 8.85. The smallest absolute Gasteiger partial charge is 0.315 e. The van der Waals surface area contributed by atoms with Crippen LogP contribution in [0.2, 0.25) is 0 Å². The van der Waals surface area contributed by atoms with Gasteiger partial charge in [-0.2, -0.15) is 8.78 Å². The molecule has 2 heterocycles. The average Bonchev–Trinajstić information content (AvgIpc) is 3.29. The number of carbonyl (C=O) groups excluding carboxylic acids is 1. The van der Waals surface area contributed by atoms with Gasteiger partial charge in [-0.05, 0) is 17.2 Å². The Balaban J connectivity index is 1.63. The summed E-state index contributed by atoms with van der Waals surface area (Å²) in [5.41, 5.74) is 2.60. The van der Waals surface area contributed by atoms with Gasteiger partial charge >= 0.3 is 12.4 Å². The summed E-state index contributed by atoms with van der Waals surface area (Å²) in [6.45, 7) is -0.799. The van der Waals surface area contributed by atoms with Crippen molar-refractivity contribution in [2.75, 3.05) is 12.0 Å². The largest absolute Gasteiger partial charge is 0.411 e. The van der Waals surface area contributed by atoms with Crippen LogP contribution in [0.3, 0.4) is 0 Å². The molecule has 3 aromatic rings. The van der Waals surface area contributed by atoms with Crippen molar-refractivity contribution in [3.63, 3.8) is 0 Å². The summed E-state index contributed by atoms with van der Waals surface area (Å²) in [5, 5.41) is 22.2. The van der Waals surface area contributed by atoms with Crippen LogP contribution in [0.4, 0.5) is 19.2 Å². The zero-order valence-corrected chi connectivity index (χ0v) is 15.5. The fraction of sp³-hybridized carbons (Fsp3) is 0.263. The maximum Gasteiger partial charge on any atom is 0.315 e. The first-order valence-corrected chi connectivity index (χ1v) is 8.85. The second kappa shape index (κ2) is 9.83. The van der Waals surface area contributed by atoms with Gasteiger partial charge in [0.1, 0.15) is 12.8 Å². The van der Waals surface area contributed by atoms with Crippen molar-refractivity contribution in [1.29, 1.82) is 0 Å². The molecule has 0 fully saturated rings. The highest BCUT2D eigenvalue weighted by Crippen LogP contribution is 2.24. The van der Waals surface area contributed by atoms with E-state index in [1.54, 1.807) is 29.7 Å². The normalized spacial score (nSPS) is 13.1. The Labute approximate surface area is 169 Å². The lowest BCUT2D eigenvalue weighted by Crippen LogP contribution is -2.43. The van der Waals surface area contributed by atoms with E-state index in [-0.39, 0.29) is 11.6 Å². The summed E-state index contributed by atoms with van der Waals surface area (Å²) >= 11 is 0. The molecule has 3 N–H and O–H groups in total. The number of carbonyl (C=O) groups is 1. The number of aromatic nitrogens is 3. The van der Waals surface area contributed by atoms with Crippen LogP contribution in [-0.4, -0.2) is 45.3 Å². The van der Waals surface area contributed by atoms with Crippen LogP contribution in [0, 0.1) is 0 Å². The zero-order valence-electron chi connectivity index (χ0n) is 15.5. The molecule has 30 heavy (non-hydrogen) atoms. The fourth-order valence-corrected chi connectivity index (χ4v) is 2.67. The molecule has 11 heteroatoms. The number of amides is 1. The van der Waals surface area contributed by atoms with E-state index in [1.165, 1.54) is 18.5 Å². The summed E-state index contributed by atoms with van der Waals surface area (Å²) in [6.07, 6.45) is -1.89. The third-order valence-corrected chi connectivity index (χ3v) is 4.26. The number of halogens is 3. The summed E-state index contributed by atoms with van der Waals surface area (Å²) in [7, 11) is 0. The molecule has 0 saturated heterocycles. The second-order valence-corrected chi connectivity index (χ2v) is 6.27. The zero-order chi connectivity index (χ0) is 21.5. The molecule has 0 radical (unpaired) electrons. The van der Waals surface area contributed by atoms with Crippen molar-refractivity contribution < 1.29 is 27.5 Å². The van der Waals surface area contributed by atoms with Crippen molar-refractivity contribution in [2.45, 2.75) is 25.1 Å². The van der Waals surface area contributed by atoms with E-state index in [0.29, 0.717) is 6.54 Å². The minimum Gasteiger partial charge on any atom is -0.411 e. The maximum atomic E-state index is 13.1. The predicted octanol–water partition coefficient (Wildman–Crippen LogP) is 2.50. The lowest BCUT2D eigenvalue weighted by Gasteiger charge is -2.22. The van der Waals surface area contributed by atoms with Gasteiger partial charge in [0, 0.05) is 11.8 Å². The number of nitrogens with zero attached hydrogens (tertiary/aromatic N) is 3. The number of alkyl halides is 3. The Hall–Kier alpha value is -3.47. The predicted molar refractivity (Wildman–Crippen MR) is 100 cm³/mol. The van der Waals surface area contributed by atoms with Gasteiger partial charge < -0.3 is 20.2 Å². The van der Waals surface area contributed by atoms with Gasteiger partial charge in [-0.15, -0.1) is 5.10 Å². The number of hydrogen-bond donors (Lipinski definition) is 3. The van der Waals surface area contributed by atoms with Gasteiger partial charge in [0.05, 0.1) is 18.3 Å².